The van der Waals surface area contributed by atoms with Gasteiger partial charge < -0.3 is 0 Å². The first-order valence-corrected chi connectivity index (χ1v) is 5.69. The molecule has 0 aromatic rings. The van der Waals surface area contributed by atoms with Crippen molar-refractivity contribution in [2.75, 3.05) is 11.5 Å². The lowest BCUT2D eigenvalue weighted by molar-refractivity contribution is 0.569. The first-order chi connectivity index (χ1) is 5.31. The highest BCUT2D eigenvalue weighted by atomic mass is 32.2. The van der Waals surface area contributed by atoms with Crippen LogP contribution in [0.25, 0.3) is 0 Å². The molecular weight excluding hydrogens is 168 g/mol. The van der Waals surface area contributed by atoms with Gasteiger partial charge in [0.15, 0.2) is 0 Å². The van der Waals surface area contributed by atoms with Crippen LogP contribution < -0.4 is 0 Å². The first kappa shape index (κ1) is 9.80. The molecule has 1 nitrogen and oxygen atoms in total. The average Bonchev–Trinajstić information content (AvgIpc) is 1.87. The molecule has 0 atom stereocenters. The van der Waals surface area contributed by atoms with Crippen LogP contribution in [0.3, 0.4) is 0 Å². The molecule has 1 aliphatic rings. The van der Waals surface area contributed by atoms with Crippen molar-refractivity contribution < 1.29 is 4.21 Å². The standard InChI is InChI=1S/C10H16OS/c1-9(2)5-6-10(3,4)8-12(11)7-9/h7-8H2,1-4H3. The Hall–Kier alpha value is -0.290. The first-order valence-electron chi connectivity index (χ1n) is 4.20. The van der Waals surface area contributed by atoms with Crippen LogP contribution in [0.5, 0.6) is 0 Å². The minimum atomic E-state index is -0.721. The molecule has 1 rings (SSSR count). The molecular formula is C10H16OS. The van der Waals surface area contributed by atoms with Crippen molar-refractivity contribution in [3.63, 3.8) is 0 Å². The van der Waals surface area contributed by atoms with E-state index in [0.717, 1.165) is 0 Å². The van der Waals surface area contributed by atoms with Crippen LogP contribution in [0.4, 0.5) is 0 Å². The van der Waals surface area contributed by atoms with Crippen LogP contribution in [-0.2, 0) is 10.8 Å². The third kappa shape index (κ3) is 2.64. The van der Waals surface area contributed by atoms with Gasteiger partial charge in [-0.15, -0.1) is 0 Å². The van der Waals surface area contributed by atoms with E-state index in [9.17, 15) is 4.21 Å². The van der Waals surface area contributed by atoms with Crippen LogP contribution in [0.2, 0.25) is 0 Å². The monoisotopic (exact) mass is 184 g/mol. The summed E-state index contributed by atoms with van der Waals surface area (Å²) in [5, 5.41) is 0. The zero-order valence-corrected chi connectivity index (χ0v) is 9.05. The molecule has 0 bridgehead atoms. The molecule has 0 fully saturated rings. The van der Waals surface area contributed by atoms with E-state index >= 15 is 0 Å². The van der Waals surface area contributed by atoms with E-state index in [2.05, 4.69) is 39.5 Å². The van der Waals surface area contributed by atoms with E-state index in [-0.39, 0.29) is 10.8 Å². The van der Waals surface area contributed by atoms with Gasteiger partial charge in [-0.25, -0.2) is 0 Å². The fourth-order valence-electron chi connectivity index (χ4n) is 1.27. The molecule has 0 aromatic heterocycles. The van der Waals surface area contributed by atoms with E-state index < -0.39 is 10.8 Å². The summed E-state index contributed by atoms with van der Waals surface area (Å²) in [6.45, 7) is 8.22. The number of hydrogen-bond donors (Lipinski definition) is 0. The van der Waals surface area contributed by atoms with Crippen LogP contribution in [0.15, 0.2) is 0 Å². The van der Waals surface area contributed by atoms with Crippen molar-refractivity contribution in [3.05, 3.63) is 0 Å². The quantitative estimate of drug-likeness (QED) is 0.525. The zero-order chi connectivity index (χ0) is 9.41. The molecule has 0 saturated carbocycles. The van der Waals surface area contributed by atoms with Crippen LogP contribution >= 0.6 is 0 Å². The Labute approximate surface area is 77.4 Å². The Kier molecular flexibility index (Phi) is 2.35. The normalized spacial score (nSPS) is 27.0. The average molecular weight is 184 g/mol. The summed E-state index contributed by atoms with van der Waals surface area (Å²) in [4.78, 5) is 0. The SMILES string of the molecule is CC1(C)C#CC(C)(C)CS(=O)C1. The van der Waals surface area contributed by atoms with Crippen LogP contribution in [-0.4, -0.2) is 15.7 Å². The summed E-state index contributed by atoms with van der Waals surface area (Å²) in [5.41, 5.74) is -0.142. The molecule has 0 saturated heterocycles. The van der Waals surface area contributed by atoms with Crippen molar-refractivity contribution in [3.8, 4) is 11.8 Å². The summed E-state index contributed by atoms with van der Waals surface area (Å²) >= 11 is 0. The third-order valence-electron chi connectivity index (χ3n) is 1.78. The van der Waals surface area contributed by atoms with Gasteiger partial charge in [-0.1, -0.05) is 11.8 Å². The molecule has 1 aliphatic heterocycles. The summed E-state index contributed by atoms with van der Waals surface area (Å²) < 4.78 is 11.5. The van der Waals surface area contributed by atoms with Gasteiger partial charge in [-0.05, 0) is 27.7 Å². The smallest absolute Gasteiger partial charge is 0.0396 e. The van der Waals surface area contributed by atoms with Crippen LogP contribution in [0.1, 0.15) is 27.7 Å². The molecule has 0 N–H and O–H groups in total. The maximum Gasteiger partial charge on any atom is 0.0396 e. The highest BCUT2D eigenvalue weighted by Crippen LogP contribution is 2.25. The Morgan fingerprint density at radius 2 is 1.33 bits per heavy atom. The number of rotatable bonds is 0. The zero-order valence-electron chi connectivity index (χ0n) is 8.23. The topological polar surface area (TPSA) is 17.1 Å². The second-order valence-corrected chi connectivity index (χ2v) is 6.20. The molecule has 2 heteroatoms. The lowest BCUT2D eigenvalue weighted by atomic mass is 9.92. The van der Waals surface area contributed by atoms with Gasteiger partial charge in [0.05, 0.1) is 0 Å². The third-order valence-corrected chi connectivity index (χ3v) is 3.87. The molecule has 68 valence electrons. The van der Waals surface area contributed by atoms with Crippen molar-refractivity contribution in [2.24, 2.45) is 10.8 Å². The van der Waals surface area contributed by atoms with E-state index in [1.165, 1.54) is 0 Å². The Balaban J connectivity index is 2.95. The van der Waals surface area contributed by atoms with Gasteiger partial charge in [0.25, 0.3) is 0 Å². The van der Waals surface area contributed by atoms with E-state index in [1.807, 2.05) is 0 Å². The molecule has 0 spiro atoms. The lowest BCUT2D eigenvalue weighted by Crippen LogP contribution is -2.22. The Bertz CT molecular complexity index is 241. The summed E-state index contributed by atoms with van der Waals surface area (Å²) in [5.74, 6) is 7.82. The van der Waals surface area contributed by atoms with E-state index in [1.54, 1.807) is 0 Å². The Morgan fingerprint density at radius 3 is 1.67 bits per heavy atom. The maximum atomic E-state index is 11.5. The van der Waals surface area contributed by atoms with Gasteiger partial charge in [0.2, 0.25) is 0 Å². The minimum Gasteiger partial charge on any atom is -0.259 e. The fourth-order valence-corrected chi connectivity index (χ4v) is 3.12. The molecule has 0 radical (unpaired) electrons. The van der Waals surface area contributed by atoms with Gasteiger partial charge >= 0.3 is 0 Å². The highest BCUT2D eigenvalue weighted by molar-refractivity contribution is 7.85. The van der Waals surface area contributed by atoms with E-state index in [0.29, 0.717) is 11.5 Å². The van der Waals surface area contributed by atoms with Crippen LogP contribution in [0, 0.1) is 22.7 Å². The Morgan fingerprint density at radius 1 is 1.00 bits per heavy atom. The van der Waals surface area contributed by atoms with Crippen molar-refractivity contribution in [1.82, 2.24) is 0 Å². The molecule has 12 heavy (non-hydrogen) atoms. The lowest BCUT2D eigenvalue weighted by Gasteiger charge is -2.16. The largest absolute Gasteiger partial charge is 0.259 e. The molecule has 0 aliphatic carbocycles. The predicted octanol–water partition coefficient (Wildman–Crippen LogP) is 1.80. The highest BCUT2D eigenvalue weighted by Gasteiger charge is 2.27. The predicted molar refractivity (Wildman–Crippen MR) is 53.2 cm³/mol. The summed E-state index contributed by atoms with van der Waals surface area (Å²) in [6.07, 6.45) is 0. The second-order valence-electron chi connectivity index (χ2n) is 4.75. The minimum absolute atomic E-state index is 0.0708. The van der Waals surface area contributed by atoms with E-state index in [4.69, 9.17) is 0 Å². The van der Waals surface area contributed by atoms with Gasteiger partial charge in [0.1, 0.15) is 0 Å². The number of hydrogen-bond acceptors (Lipinski definition) is 1. The maximum absolute atomic E-state index is 11.5. The van der Waals surface area contributed by atoms with Gasteiger partial charge in [-0.3, -0.25) is 4.21 Å². The van der Waals surface area contributed by atoms with Crippen molar-refractivity contribution in [1.29, 1.82) is 0 Å². The van der Waals surface area contributed by atoms with Gasteiger partial charge in [0, 0.05) is 33.1 Å². The van der Waals surface area contributed by atoms with Crippen molar-refractivity contribution in [2.45, 2.75) is 27.7 Å². The fraction of sp³-hybridized carbons (Fsp3) is 0.800. The summed E-state index contributed by atoms with van der Waals surface area (Å²) in [7, 11) is -0.721. The molecule has 0 amide bonds. The molecule has 0 unspecified atom stereocenters. The second kappa shape index (κ2) is 2.88. The summed E-state index contributed by atoms with van der Waals surface area (Å²) in [6, 6.07) is 0. The van der Waals surface area contributed by atoms with Gasteiger partial charge in [-0.2, -0.15) is 0 Å². The van der Waals surface area contributed by atoms with Crippen molar-refractivity contribution >= 4 is 10.8 Å². The molecule has 1 heterocycles. The molecule has 0 aromatic carbocycles.